The fourth-order valence-electron chi connectivity index (χ4n) is 6.34. The summed E-state index contributed by atoms with van der Waals surface area (Å²) in [6.07, 6.45) is 9.45. The topological polar surface area (TPSA) is 67.4 Å². The average Bonchev–Trinajstić information content (AvgIpc) is 2.97. The van der Waals surface area contributed by atoms with Crippen molar-refractivity contribution < 1.29 is 14.3 Å². The van der Waals surface area contributed by atoms with E-state index in [0.29, 0.717) is 30.7 Å². The number of carbonyl (C=O) groups excluding carboxylic acids is 2. The van der Waals surface area contributed by atoms with Crippen LogP contribution in [-0.4, -0.2) is 29.2 Å². The minimum Gasteiger partial charge on any atom is -0.444 e. The lowest BCUT2D eigenvalue weighted by Crippen LogP contribution is -2.63. The molecule has 5 aliphatic rings. The quantitative estimate of drug-likeness (QED) is 0.803. The van der Waals surface area contributed by atoms with Crippen molar-refractivity contribution in [1.82, 2.24) is 10.6 Å². The third-order valence-corrected chi connectivity index (χ3v) is 7.16. The van der Waals surface area contributed by atoms with Gasteiger partial charge in [-0.3, -0.25) is 4.79 Å². The maximum Gasteiger partial charge on any atom is 0.408 e. The molecule has 5 fully saturated rings. The Kier molecular flexibility index (Phi) is 4.47. The molecule has 0 spiro atoms. The second kappa shape index (κ2) is 6.42. The standard InChI is InChI=1S/C21H34N2O3/c1-20(2,3)26-19(25)23-21(6-4-5-7-21)18(24)22-17-15-9-13-8-14(11-15)12-16(17)10-13/h13-17H,4-12H2,1-3H3,(H,22,24)(H,23,25). The first-order chi connectivity index (χ1) is 12.2. The molecule has 0 radical (unpaired) electrons. The molecule has 5 saturated carbocycles. The van der Waals surface area contributed by atoms with Crippen molar-refractivity contribution in [2.75, 3.05) is 0 Å². The van der Waals surface area contributed by atoms with E-state index in [1.165, 1.54) is 32.1 Å². The summed E-state index contributed by atoms with van der Waals surface area (Å²) in [5.41, 5.74) is -1.33. The van der Waals surface area contributed by atoms with Gasteiger partial charge in [0, 0.05) is 6.04 Å². The zero-order valence-corrected chi connectivity index (χ0v) is 16.5. The SMILES string of the molecule is CC(C)(C)OC(=O)NC1(C(=O)NC2C3CC4CC(C3)CC2C4)CCCC1. The highest BCUT2D eigenvalue weighted by molar-refractivity contribution is 5.90. The van der Waals surface area contributed by atoms with Crippen LogP contribution in [0.1, 0.15) is 78.6 Å². The number of ether oxygens (including phenoxy) is 1. The zero-order valence-electron chi connectivity index (χ0n) is 16.5. The van der Waals surface area contributed by atoms with Gasteiger partial charge >= 0.3 is 6.09 Å². The molecule has 5 rings (SSSR count). The Hall–Kier alpha value is -1.26. The molecule has 26 heavy (non-hydrogen) atoms. The molecule has 0 unspecified atom stereocenters. The zero-order chi connectivity index (χ0) is 18.5. The molecule has 0 saturated heterocycles. The van der Waals surface area contributed by atoms with Crippen LogP contribution < -0.4 is 10.6 Å². The van der Waals surface area contributed by atoms with E-state index in [0.717, 1.165) is 24.7 Å². The summed E-state index contributed by atoms with van der Waals surface area (Å²) < 4.78 is 5.43. The van der Waals surface area contributed by atoms with Crippen molar-refractivity contribution >= 4 is 12.0 Å². The van der Waals surface area contributed by atoms with E-state index in [9.17, 15) is 9.59 Å². The third kappa shape index (κ3) is 3.46. The molecule has 2 N–H and O–H groups in total. The summed E-state index contributed by atoms with van der Waals surface area (Å²) >= 11 is 0. The predicted octanol–water partition coefficient (Wildman–Crippen LogP) is 3.76. The van der Waals surface area contributed by atoms with Crippen LogP contribution in [0.5, 0.6) is 0 Å². The number of amides is 2. The molecule has 2 amide bonds. The van der Waals surface area contributed by atoms with Gasteiger partial charge in [0.15, 0.2) is 0 Å². The largest absolute Gasteiger partial charge is 0.444 e. The molecule has 5 nitrogen and oxygen atoms in total. The highest BCUT2D eigenvalue weighted by Gasteiger charge is 2.51. The fraction of sp³-hybridized carbons (Fsp3) is 0.905. The van der Waals surface area contributed by atoms with E-state index >= 15 is 0 Å². The molecular formula is C21H34N2O3. The highest BCUT2D eigenvalue weighted by atomic mass is 16.6. The smallest absolute Gasteiger partial charge is 0.408 e. The van der Waals surface area contributed by atoms with Gasteiger partial charge in [0.25, 0.3) is 0 Å². The Morgan fingerprint density at radius 1 is 0.923 bits per heavy atom. The first-order valence-corrected chi connectivity index (χ1v) is 10.6. The highest BCUT2D eigenvalue weighted by Crippen LogP contribution is 2.53. The van der Waals surface area contributed by atoms with Gasteiger partial charge in [0.1, 0.15) is 11.1 Å². The van der Waals surface area contributed by atoms with Crippen LogP contribution in [0, 0.1) is 23.7 Å². The Morgan fingerprint density at radius 2 is 1.46 bits per heavy atom. The van der Waals surface area contributed by atoms with Gasteiger partial charge in [0.2, 0.25) is 5.91 Å². The molecule has 0 atom stereocenters. The van der Waals surface area contributed by atoms with Crippen LogP contribution in [0.25, 0.3) is 0 Å². The lowest BCUT2D eigenvalue weighted by molar-refractivity contribution is -0.131. The van der Waals surface area contributed by atoms with Gasteiger partial charge in [-0.15, -0.1) is 0 Å². The van der Waals surface area contributed by atoms with E-state index in [-0.39, 0.29) is 5.91 Å². The minimum atomic E-state index is -0.781. The molecule has 0 aromatic heterocycles. The summed E-state index contributed by atoms with van der Waals surface area (Å²) in [6.45, 7) is 5.55. The maximum atomic E-state index is 13.3. The third-order valence-electron chi connectivity index (χ3n) is 7.16. The molecule has 0 aromatic carbocycles. The predicted molar refractivity (Wildman–Crippen MR) is 99.5 cm³/mol. The Labute approximate surface area is 157 Å². The van der Waals surface area contributed by atoms with Crippen LogP contribution in [-0.2, 0) is 9.53 Å². The van der Waals surface area contributed by atoms with Crippen LogP contribution >= 0.6 is 0 Å². The number of alkyl carbamates (subject to hydrolysis) is 1. The van der Waals surface area contributed by atoms with Gasteiger partial charge in [-0.25, -0.2) is 4.79 Å². The number of hydrogen-bond acceptors (Lipinski definition) is 3. The van der Waals surface area contributed by atoms with E-state index in [4.69, 9.17) is 4.74 Å². The summed E-state index contributed by atoms with van der Waals surface area (Å²) in [5, 5.41) is 6.35. The van der Waals surface area contributed by atoms with Crippen LogP contribution in [0.3, 0.4) is 0 Å². The van der Waals surface area contributed by atoms with Crippen LogP contribution in [0.15, 0.2) is 0 Å². The summed E-state index contributed by atoms with van der Waals surface area (Å²) in [4.78, 5) is 25.6. The Balaban J connectivity index is 1.43. The van der Waals surface area contributed by atoms with E-state index in [1.54, 1.807) is 0 Å². The van der Waals surface area contributed by atoms with Gasteiger partial charge in [0.05, 0.1) is 0 Å². The summed E-state index contributed by atoms with van der Waals surface area (Å²) in [7, 11) is 0. The van der Waals surface area contributed by atoms with Crippen molar-refractivity contribution in [3.05, 3.63) is 0 Å². The lowest BCUT2D eigenvalue weighted by atomic mass is 9.54. The first-order valence-electron chi connectivity index (χ1n) is 10.6. The minimum absolute atomic E-state index is 0.0262. The molecule has 146 valence electrons. The monoisotopic (exact) mass is 362 g/mol. The number of carbonyl (C=O) groups is 2. The van der Waals surface area contributed by atoms with Gasteiger partial charge in [-0.2, -0.15) is 0 Å². The first kappa shape index (κ1) is 18.1. The van der Waals surface area contributed by atoms with E-state index in [2.05, 4.69) is 10.6 Å². The van der Waals surface area contributed by atoms with Gasteiger partial charge in [-0.05, 0) is 89.4 Å². The Bertz CT molecular complexity index is 546. The molecule has 0 aromatic rings. The number of hydrogen-bond donors (Lipinski definition) is 2. The van der Waals surface area contributed by atoms with Gasteiger partial charge in [-0.1, -0.05) is 12.8 Å². The van der Waals surface area contributed by atoms with Crippen LogP contribution in [0.4, 0.5) is 4.79 Å². The second-order valence-corrected chi connectivity index (χ2v) is 10.3. The molecular weight excluding hydrogens is 328 g/mol. The maximum absolute atomic E-state index is 13.3. The lowest BCUT2D eigenvalue weighted by Gasteiger charge is -2.54. The molecule has 0 aliphatic heterocycles. The summed E-state index contributed by atoms with van der Waals surface area (Å²) in [5.74, 6) is 3.11. The second-order valence-electron chi connectivity index (χ2n) is 10.3. The van der Waals surface area contributed by atoms with Crippen molar-refractivity contribution in [2.45, 2.75) is 95.7 Å². The van der Waals surface area contributed by atoms with Crippen LogP contribution in [0.2, 0.25) is 0 Å². The summed E-state index contributed by atoms with van der Waals surface area (Å²) in [6, 6.07) is 0.313. The van der Waals surface area contributed by atoms with Gasteiger partial charge < -0.3 is 15.4 Å². The fourth-order valence-corrected chi connectivity index (χ4v) is 6.34. The number of rotatable bonds is 3. The molecule has 5 heteroatoms. The normalized spacial score (nSPS) is 37.4. The van der Waals surface area contributed by atoms with E-state index < -0.39 is 17.2 Å². The molecule has 4 bridgehead atoms. The average molecular weight is 363 g/mol. The van der Waals surface area contributed by atoms with Crippen molar-refractivity contribution in [1.29, 1.82) is 0 Å². The van der Waals surface area contributed by atoms with E-state index in [1.807, 2.05) is 20.8 Å². The number of nitrogens with one attached hydrogen (secondary N) is 2. The molecule has 5 aliphatic carbocycles. The van der Waals surface area contributed by atoms with Crippen molar-refractivity contribution in [3.63, 3.8) is 0 Å². The Morgan fingerprint density at radius 3 is 1.96 bits per heavy atom. The molecule has 0 heterocycles. The van der Waals surface area contributed by atoms with Crippen molar-refractivity contribution in [3.8, 4) is 0 Å². The van der Waals surface area contributed by atoms with Crippen molar-refractivity contribution in [2.24, 2.45) is 23.7 Å².